The number of allylic oxidation sites excluding steroid dienone is 1. The molecule has 1 aliphatic rings. The normalized spacial score (nSPS) is 13.6. The number of carbonyl (C=O) groups is 4. The molecule has 3 N–H and O–H groups in total. The van der Waals surface area contributed by atoms with Crippen LogP contribution in [-0.2, 0) is 9.53 Å². The zero-order chi connectivity index (χ0) is 48.5. The summed E-state index contributed by atoms with van der Waals surface area (Å²) in [5.41, 5.74) is 4.95. The molecule has 3 aromatic heterocycles. The number of ether oxygens (including phenoxy) is 2. The molecule has 7 aromatic rings. The quantitative estimate of drug-likeness (QED) is 0.0853. The first-order chi connectivity index (χ1) is 32.4. The van der Waals surface area contributed by atoms with Gasteiger partial charge in [-0.3, -0.25) is 28.5 Å². The topological polar surface area (TPSA) is 171 Å². The van der Waals surface area contributed by atoms with Crippen molar-refractivity contribution in [1.29, 1.82) is 0 Å². The molecule has 14 nitrogen and oxygen atoms in total. The number of benzene rings is 4. The molecule has 0 bridgehead atoms. The Morgan fingerprint density at radius 3 is 2.34 bits per heavy atom. The first-order valence-electron chi connectivity index (χ1n) is 22.3. The summed E-state index contributed by atoms with van der Waals surface area (Å²) in [6, 6.07) is 26.3. The van der Waals surface area contributed by atoms with Gasteiger partial charge in [-0.2, -0.15) is 0 Å². The molecule has 0 saturated heterocycles. The van der Waals surface area contributed by atoms with Gasteiger partial charge in [0.15, 0.2) is 5.82 Å². The Morgan fingerprint density at radius 2 is 1.60 bits per heavy atom. The van der Waals surface area contributed by atoms with Crippen LogP contribution in [0.5, 0.6) is 5.75 Å². The average molecular weight is 954 g/mol. The maximum absolute atomic E-state index is 13.6. The number of hydrogen-bond acceptors (Lipinski definition) is 10. The molecule has 0 fully saturated rings. The third kappa shape index (κ3) is 10.1. The summed E-state index contributed by atoms with van der Waals surface area (Å²) in [7, 11) is 0. The second-order valence-electron chi connectivity index (χ2n) is 18.1. The van der Waals surface area contributed by atoms with Crippen LogP contribution in [0.3, 0.4) is 0 Å². The molecule has 0 unspecified atom stereocenters. The van der Waals surface area contributed by atoms with Crippen molar-refractivity contribution in [3.05, 3.63) is 147 Å². The van der Waals surface area contributed by atoms with Crippen LogP contribution in [0.25, 0.3) is 26.8 Å². The highest BCUT2D eigenvalue weighted by Crippen LogP contribution is 2.40. The number of nitrogens with zero attached hydrogens (tertiary/aromatic N) is 5. The molecule has 3 amide bonds. The number of thiophene rings is 1. The van der Waals surface area contributed by atoms with E-state index in [1.807, 2.05) is 93.8 Å². The lowest BCUT2D eigenvalue weighted by atomic mass is 9.99. The lowest BCUT2D eigenvalue weighted by Gasteiger charge is -2.30. The van der Waals surface area contributed by atoms with Crippen LogP contribution in [0.1, 0.15) is 101 Å². The monoisotopic (exact) mass is 952 g/mol. The highest BCUT2D eigenvalue weighted by atomic mass is 35.5. The molecule has 0 aliphatic carbocycles. The van der Waals surface area contributed by atoms with Gasteiger partial charge in [0.05, 0.1) is 28.8 Å². The molecular weight excluding hydrogens is 900 g/mol. The summed E-state index contributed by atoms with van der Waals surface area (Å²) >= 11 is 7.90. The standard InChI is InChI=1S/C52H53ClN8O6S/c1-9-44(63)61-41-13-11-10-12-38(41)39-28-34(16-23-42(39)61)48(64)54-26-24-52(7,8)66-27-25-51(5,6)57-50(65)67-37-21-19-36(20-22-37)55-43(62)29-40-47-59-58-32(4)60(47)49-45(30(2)31(3)68-49)46(56-40)33-14-17-35(53)18-15-33/h9-23,28,40H,1,24-27,29H2,2-8H3,(H,54,64)(H,55,62)(H,57,65)/t40-/m0/s1. The van der Waals surface area contributed by atoms with Gasteiger partial charge in [0.25, 0.3) is 11.8 Å². The fraction of sp³-hybridized carbons (Fsp3) is 0.288. The number of rotatable bonds is 15. The predicted octanol–water partition coefficient (Wildman–Crippen LogP) is 10.6. The van der Waals surface area contributed by atoms with E-state index in [1.165, 1.54) is 6.08 Å². The van der Waals surface area contributed by atoms with E-state index in [4.69, 9.17) is 26.1 Å². The number of nitrogens with one attached hydrogen (secondary N) is 3. The summed E-state index contributed by atoms with van der Waals surface area (Å²) in [6.45, 7) is 18.1. The number of carbonyl (C=O) groups excluding carboxylic acids is 4. The largest absolute Gasteiger partial charge is 0.413 e. The Kier molecular flexibility index (Phi) is 13.5. The minimum Gasteiger partial charge on any atom is -0.410 e. The summed E-state index contributed by atoms with van der Waals surface area (Å²) in [6.07, 6.45) is 1.67. The van der Waals surface area contributed by atoms with Crippen LogP contribution in [0.4, 0.5) is 10.5 Å². The summed E-state index contributed by atoms with van der Waals surface area (Å²) in [5.74, 6) is 0.836. The Morgan fingerprint density at radius 1 is 0.882 bits per heavy atom. The van der Waals surface area contributed by atoms with Gasteiger partial charge in [0.1, 0.15) is 22.6 Å². The number of aliphatic imine (C=N–C) groups is 1. The van der Waals surface area contributed by atoms with Crippen molar-refractivity contribution in [2.75, 3.05) is 18.5 Å². The molecule has 0 radical (unpaired) electrons. The van der Waals surface area contributed by atoms with Crippen LogP contribution in [0.2, 0.25) is 5.02 Å². The van der Waals surface area contributed by atoms with Gasteiger partial charge in [-0.25, -0.2) is 4.79 Å². The van der Waals surface area contributed by atoms with Gasteiger partial charge >= 0.3 is 6.09 Å². The number of aryl methyl sites for hydroxylation is 2. The molecule has 8 rings (SSSR count). The van der Waals surface area contributed by atoms with E-state index >= 15 is 0 Å². The van der Waals surface area contributed by atoms with E-state index in [0.717, 1.165) is 48.6 Å². The molecule has 4 aromatic carbocycles. The third-order valence-corrected chi connectivity index (χ3v) is 13.5. The highest BCUT2D eigenvalue weighted by molar-refractivity contribution is 7.15. The molecule has 350 valence electrons. The van der Waals surface area contributed by atoms with Crippen molar-refractivity contribution >= 4 is 80.0 Å². The lowest BCUT2D eigenvalue weighted by molar-refractivity contribution is -0.116. The number of para-hydroxylation sites is 1. The molecule has 68 heavy (non-hydrogen) atoms. The number of fused-ring (bicyclic) bond motifs is 6. The molecule has 0 spiro atoms. The Labute approximate surface area is 403 Å². The second-order valence-corrected chi connectivity index (χ2v) is 19.7. The maximum Gasteiger partial charge on any atom is 0.413 e. The Bertz CT molecular complexity index is 3130. The van der Waals surface area contributed by atoms with Gasteiger partial charge in [-0.1, -0.05) is 48.5 Å². The average Bonchev–Trinajstić information content (AvgIpc) is 3.91. The van der Waals surface area contributed by atoms with E-state index in [9.17, 15) is 19.2 Å². The van der Waals surface area contributed by atoms with E-state index in [-0.39, 0.29) is 24.1 Å². The van der Waals surface area contributed by atoms with Crippen molar-refractivity contribution in [3.63, 3.8) is 0 Å². The minimum absolute atomic E-state index is 0.00295. The summed E-state index contributed by atoms with van der Waals surface area (Å²) < 4.78 is 15.4. The molecular formula is C52H53ClN8O6S. The van der Waals surface area contributed by atoms with E-state index in [0.29, 0.717) is 65.2 Å². The van der Waals surface area contributed by atoms with Crippen LogP contribution in [0.15, 0.2) is 109 Å². The van der Waals surface area contributed by atoms with Crippen molar-refractivity contribution in [2.45, 2.75) is 84.9 Å². The molecule has 1 aliphatic heterocycles. The molecule has 1 atom stereocenters. The number of hydrogen-bond donors (Lipinski definition) is 3. The Balaban J connectivity index is 0.811. The molecule has 4 heterocycles. The van der Waals surface area contributed by atoms with Crippen molar-refractivity contribution in [1.82, 2.24) is 30.0 Å². The summed E-state index contributed by atoms with van der Waals surface area (Å²) in [5, 5.41) is 21.0. The SMILES string of the molecule is C=CC(=O)n1c2ccccc2c2cc(C(=O)NCCC(C)(C)OCCC(C)(C)NC(=O)Oc3ccc(NC(=O)C[C@@H]4N=C(c5ccc(Cl)cc5)c5c(sc(C)c5C)-n5c(C)nnc54)cc3)ccc21. The van der Waals surface area contributed by atoms with Crippen molar-refractivity contribution in [3.8, 4) is 10.8 Å². The van der Waals surface area contributed by atoms with Gasteiger partial charge in [-0.05, 0) is 134 Å². The fourth-order valence-corrected chi connectivity index (χ4v) is 9.61. The number of halogens is 1. The van der Waals surface area contributed by atoms with E-state index in [1.54, 1.807) is 52.3 Å². The van der Waals surface area contributed by atoms with Crippen molar-refractivity contribution < 1.29 is 28.7 Å². The first-order valence-corrected chi connectivity index (χ1v) is 23.5. The fourth-order valence-electron chi connectivity index (χ4n) is 8.27. The number of amides is 3. The molecule has 0 saturated carbocycles. The Hall–Kier alpha value is -6.94. The van der Waals surface area contributed by atoms with E-state index in [2.05, 4.69) is 46.6 Å². The minimum atomic E-state index is -0.674. The number of anilines is 1. The zero-order valence-electron chi connectivity index (χ0n) is 39.0. The third-order valence-electron chi connectivity index (χ3n) is 12.1. The van der Waals surface area contributed by atoms with Crippen LogP contribution < -0.4 is 20.7 Å². The number of aromatic nitrogens is 4. The highest BCUT2D eigenvalue weighted by Gasteiger charge is 2.33. The van der Waals surface area contributed by atoms with Crippen LogP contribution in [-0.4, -0.2) is 73.1 Å². The molecule has 16 heteroatoms. The van der Waals surface area contributed by atoms with Gasteiger partial charge in [0.2, 0.25) is 5.91 Å². The van der Waals surface area contributed by atoms with Gasteiger partial charge in [-0.15, -0.1) is 21.5 Å². The first kappa shape index (κ1) is 47.5. The van der Waals surface area contributed by atoms with Gasteiger partial charge in [0, 0.05) is 61.7 Å². The van der Waals surface area contributed by atoms with Crippen LogP contribution in [0, 0.1) is 20.8 Å². The second kappa shape index (κ2) is 19.3. The lowest BCUT2D eigenvalue weighted by Crippen LogP contribution is -2.46. The van der Waals surface area contributed by atoms with Crippen molar-refractivity contribution in [2.24, 2.45) is 4.99 Å². The van der Waals surface area contributed by atoms with Gasteiger partial charge < -0.3 is 25.4 Å². The van der Waals surface area contributed by atoms with E-state index < -0.39 is 23.3 Å². The summed E-state index contributed by atoms with van der Waals surface area (Å²) in [4.78, 5) is 58.9. The van der Waals surface area contributed by atoms with Crippen LogP contribution >= 0.6 is 22.9 Å². The predicted molar refractivity (Wildman–Crippen MR) is 268 cm³/mol. The maximum atomic E-state index is 13.6. The zero-order valence-corrected chi connectivity index (χ0v) is 40.6. The smallest absolute Gasteiger partial charge is 0.410 e.